The van der Waals surface area contributed by atoms with Gasteiger partial charge in [0.05, 0.1) is 6.85 Å². The lowest BCUT2D eigenvalue weighted by Gasteiger charge is -2.51. The first kappa shape index (κ1) is 7.96. The van der Waals surface area contributed by atoms with E-state index >= 15 is 0 Å². The van der Waals surface area contributed by atoms with E-state index in [2.05, 4.69) is 4.90 Å². The molecule has 116 valence electrons. The van der Waals surface area contributed by atoms with Crippen molar-refractivity contribution in [2.24, 2.45) is 5.92 Å². The lowest BCUT2D eigenvalue weighted by Crippen LogP contribution is -2.60. The summed E-state index contributed by atoms with van der Waals surface area (Å²) in [6, 6.07) is -1.49. The fourth-order valence-electron chi connectivity index (χ4n) is 4.51. The van der Waals surface area contributed by atoms with Crippen molar-refractivity contribution in [1.82, 2.24) is 9.80 Å². The van der Waals surface area contributed by atoms with Gasteiger partial charge in [0.2, 0.25) is 0 Å². The van der Waals surface area contributed by atoms with Crippen LogP contribution in [0.1, 0.15) is 62.7 Å². The van der Waals surface area contributed by atoms with Crippen LogP contribution in [0.4, 0.5) is 0 Å². The van der Waals surface area contributed by atoms with E-state index in [1.54, 1.807) is 0 Å². The van der Waals surface area contributed by atoms with Crippen molar-refractivity contribution in [3.8, 4) is 0 Å². The first-order valence-corrected chi connectivity index (χ1v) is 8.26. The van der Waals surface area contributed by atoms with Gasteiger partial charge in [-0.1, -0.05) is 12.1 Å². The number of fused-ring (bicyclic) bond motifs is 3. The number of amides is 1. The largest absolute Gasteiger partial charge is 0.333 e. The predicted molar refractivity (Wildman–Crippen MR) is 86.1 cm³/mol. The molecule has 4 aliphatic heterocycles. The van der Waals surface area contributed by atoms with E-state index in [1.165, 1.54) is 4.90 Å². The molecule has 1 aromatic carbocycles. The zero-order valence-corrected chi connectivity index (χ0v) is 12.5. The smallest absolute Gasteiger partial charge is 0.254 e. The van der Waals surface area contributed by atoms with Gasteiger partial charge in [0.1, 0.15) is 0 Å². The molecular formula is C19H24N2O. The Labute approximate surface area is 142 Å². The summed E-state index contributed by atoms with van der Waals surface area (Å²) in [6.07, 6.45) is 0.169. The second-order valence-corrected chi connectivity index (χ2v) is 6.82. The molecule has 2 bridgehead atoms. The quantitative estimate of drug-likeness (QED) is 0.796. The van der Waals surface area contributed by atoms with Crippen molar-refractivity contribution < 1.29 is 14.4 Å². The van der Waals surface area contributed by atoms with Crippen molar-refractivity contribution in [2.75, 3.05) is 26.1 Å². The highest BCUT2D eigenvalue weighted by Crippen LogP contribution is 2.41. The molecule has 3 fully saturated rings. The van der Waals surface area contributed by atoms with Gasteiger partial charge in [-0.15, -0.1) is 0 Å². The van der Waals surface area contributed by atoms with E-state index in [1.807, 2.05) is 0 Å². The topological polar surface area (TPSA) is 23.6 Å². The summed E-state index contributed by atoms with van der Waals surface area (Å²) in [7, 11) is 0. The van der Waals surface area contributed by atoms with Crippen LogP contribution in [0.15, 0.2) is 18.1 Å². The zero-order valence-electron chi connectivity index (χ0n) is 19.5. The number of carbonyl (C=O) groups is 1. The molecule has 3 nitrogen and oxygen atoms in total. The van der Waals surface area contributed by atoms with Crippen molar-refractivity contribution in [2.45, 2.75) is 44.0 Å². The number of nitrogens with zero attached hydrogens (tertiary/aromatic N) is 2. The van der Waals surface area contributed by atoms with Gasteiger partial charge in [-0.05, 0) is 68.2 Å². The second-order valence-electron chi connectivity index (χ2n) is 6.82. The fraction of sp³-hybridized carbons (Fsp3) is 0.632. The number of piperidine rings is 3. The molecule has 0 radical (unpaired) electrons. The van der Waals surface area contributed by atoms with Crippen LogP contribution in [0, 0.1) is 5.92 Å². The SMILES string of the molecule is [2H]c1c([2H])c2c3c(c1[2H])C([2H])([2H])CC[C@@H]3C([2H])([2H])N([C@@H]1CN3CCC1CC3)C2=O. The Kier molecular flexibility index (Phi) is 1.74. The van der Waals surface area contributed by atoms with Gasteiger partial charge >= 0.3 is 0 Å². The number of benzene rings is 1. The average molecular weight is 303 g/mol. The standard InChI is InChI=1S/C19H24N2O/c22-19-16-6-2-4-14-3-1-5-15(18(14)16)11-21(19)17-12-20-9-7-13(17)8-10-20/h2,4,6,13,15,17H,1,3,5,7-12H2/t15-,17-/m1/s1/i2D,3D2,4D,6D,11D2. The molecule has 0 aromatic heterocycles. The van der Waals surface area contributed by atoms with E-state index in [4.69, 9.17) is 9.60 Å². The van der Waals surface area contributed by atoms with Crippen LogP contribution >= 0.6 is 0 Å². The molecule has 6 rings (SSSR count). The molecule has 0 N–H and O–H groups in total. The van der Waals surface area contributed by atoms with Gasteiger partial charge in [0.15, 0.2) is 0 Å². The molecule has 0 unspecified atom stereocenters. The maximum atomic E-state index is 13.6. The molecule has 0 spiro atoms. The second kappa shape index (κ2) is 4.82. The van der Waals surface area contributed by atoms with Crippen LogP contribution in [-0.4, -0.2) is 47.9 Å². The lowest BCUT2D eigenvalue weighted by molar-refractivity contribution is 0.00258. The van der Waals surface area contributed by atoms with E-state index in [0.717, 1.165) is 25.9 Å². The Hall–Kier alpha value is -1.35. The first-order chi connectivity index (χ1) is 13.6. The minimum absolute atomic E-state index is 0.0362. The lowest BCUT2D eigenvalue weighted by atomic mass is 9.75. The minimum atomic E-state index is -2.01. The van der Waals surface area contributed by atoms with Gasteiger partial charge in [-0.3, -0.25) is 4.79 Å². The fourth-order valence-corrected chi connectivity index (χ4v) is 4.51. The number of hydrogen-bond acceptors (Lipinski definition) is 2. The van der Waals surface area contributed by atoms with Crippen LogP contribution in [-0.2, 0) is 6.37 Å². The Morgan fingerprint density at radius 2 is 2.09 bits per heavy atom. The van der Waals surface area contributed by atoms with Gasteiger partial charge in [0.25, 0.3) is 5.91 Å². The third kappa shape index (κ3) is 1.81. The van der Waals surface area contributed by atoms with Crippen LogP contribution in [0.5, 0.6) is 0 Å². The van der Waals surface area contributed by atoms with E-state index in [9.17, 15) is 4.79 Å². The number of hydrogen-bond donors (Lipinski definition) is 0. The van der Waals surface area contributed by atoms with Crippen molar-refractivity contribution in [3.05, 3.63) is 34.8 Å². The molecule has 0 saturated carbocycles. The molecule has 3 heteroatoms. The monoisotopic (exact) mass is 303 g/mol. The maximum Gasteiger partial charge on any atom is 0.254 e. The van der Waals surface area contributed by atoms with Crippen molar-refractivity contribution in [1.29, 1.82) is 0 Å². The van der Waals surface area contributed by atoms with Crippen molar-refractivity contribution >= 4 is 5.91 Å². The number of rotatable bonds is 1. The van der Waals surface area contributed by atoms with E-state index < -0.39 is 30.7 Å². The summed E-state index contributed by atoms with van der Waals surface area (Å²) >= 11 is 0. The summed E-state index contributed by atoms with van der Waals surface area (Å²) in [5, 5.41) is 0. The normalized spacial score (nSPS) is 45.5. The van der Waals surface area contributed by atoms with E-state index in [-0.39, 0.29) is 53.6 Å². The molecule has 1 amide bonds. The van der Waals surface area contributed by atoms with E-state index in [0.29, 0.717) is 6.54 Å². The summed E-state index contributed by atoms with van der Waals surface area (Å²) in [5.74, 6) is -1.18. The third-order valence-electron chi connectivity index (χ3n) is 5.68. The summed E-state index contributed by atoms with van der Waals surface area (Å²) in [5.41, 5.74) is 0.0523. The Morgan fingerprint density at radius 1 is 1.23 bits per heavy atom. The molecule has 2 atom stereocenters. The molecule has 22 heavy (non-hydrogen) atoms. The Bertz CT molecular complexity index is 911. The molecule has 1 aliphatic carbocycles. The van der Waals surface area contributed by atoms with Crippen LogP contribution in [0.2, 0.25) is 0 Å². The Balaban J connectivity index is 1.74. The Morgan fingerprint density at radius 3 is 2.86 bits per heavy atom. The molecule has 3 saturated heterocycles. The number of carbonyl (C=O) groups excluding carboxylic acids is 1. The highest BCUT2D eigenvalue weighted by atomic mass is 16.2. The predicted octanol–water partition coefficient (Wildman–Crippen LogP) is 2.66. The first-order valence-electron chi connectivity index (χ1n) is 11.8. The highest BCUT2D eigenvalue weighted by molar-refractivity contribution is 5.97. The van der Waals surface area contributed by atoms with Crippen LogP contribution in [0.3, 0.4) is 0 Å². The van der Waals surface area contributed by atoms with Crippen molar-refractivity contribution in [3.63, 3.8) is 0 Å². The van der Waals surface area contributed by atoms with Gasteiger partial charge in [-0.2, -0.15) is 0 Å². The zero-order chi connectivity index (χ0) is 20.9. The van der Waals surface area contributed by atoms with Gasteiger partial charge in [-0.25, -0.2) is 0 Å². The van der Waals surface area contributed by atoms with Crippen LogP contribution in [0.25, 0.3) is 0 Å². The van der Waals surface area contributed by atoms with Gasteiger partial charge in [0, 0.05) is 33.3 Å². The molecule has 1 aromatic rings. The molecule has 5 aliphatic rings. The van der Waals surface area contributed by atoms with Gasteiger partial charge < -0.3 is 9.80 Å². The minimum Gasteiger partial charge on any atom is -0.333 e. The summed E-state index contributed by atoms with van der Waals surface area (Å²) < 4.78 is 59.4. The van der Waals surface area contributed by atoms with Crippen LogP contribution < -0.4 is 0 Å². The highest BCUT2D eigenvalue weighted by Gasteiger charge is 2.43. The third-order valence-corrected chi connectivity index (χ3v) is 5.68. The molecular weight excluding hydrogens is 272 g/mol. The average Bonchev–Trinajstić information content (AvgIpc) is 2.65. The summed E-state index contributed by atoms with van der Waals surface area (Å²) in [6.45, 7) is 0.517. The molecule has 4 heterocycles. The summed E-state index contributed by atoms with van der Waals surface area (Å²) in [4.78, 5) is 17.2. The maximum absolute atomic E-state index is 13.6.